The number of nitrogens with zero attached hydrogens (tertiary/aromatic N) is 3. The van der Waals surface area contributed by atoms with Gasteiger partial charge in [-0.05, 0) is 11.2 Å². The largest absolute Gasteiger partial charge is 0.408 e. The number of rotatable bonds is 3. The number of ether oxygens (including phenoxy) is 1. The Hall–Kier alpha value is -1.94. The molecule has 1 saturated heterocycles. The van der Waals surface area contributed by atoms with E-state index in [0.717, 1.165) is 6.08 Å². The SMILES string of the molecule is C=C[C@@]1(O)[C@@H](CO)O[C@@H](n2ccc(N)n/c2=N\O)[C@@H]1O. The van der Waals surface area contributed by atoms with E-state index in [1.165, 1.54) is 16.8 Å². The standard InChI is InChI=1S/C11H16N4O5/c1-2-11(18)6(5-16)20-9(8(11)17)15-4-3-7(12)13-10(15)14-19/h2-4,6,8-9,16-19H,1,5H2,(H2,12,13,14)/t6-,8+,9-,11-/m1/s1. The minimum atomic E-state index is -1.83. The van der Waals surface area contributed by atoms with E-state index in [9.17, 15) is 15.3 Å². The average molecular weight is 284 g/mol. The highest BCUT2D eigenvalue weighted by Crippen LogP contribution is 2.37. The summed E-state index contributed by atoms with van der Waals surface area (Å²) in [5.74, 6) is 0.110. The number of aromatic nitrogens is 2. The molecule has 1 aromatic heterocycles. The molecular weight excluding hydrogens is 268 g/mol. The van der Waals surface area contributed by atoms with Crippen LogP contribution < -0.4 is 11.4 Å². The normalized spacial score (nSPS) is 34.4. The molecule has 0 radical (unpaired) electrons. The smallest absolute Gasteiger partial charge is 0.270 e. The molecule has 1 aliphatic heterocycles. The molecule has 1 aliphatic rings. The van der Waals surface area contributed by atoms with E-state index in [4.69, 9.17) is 15.7 Å². The zero-order valence-electron chi connectivity index (χ0n) is 10.5. The lowest BCUT2D eigenvalue weighted by Gasteiger charge is -2.26. The Morgan fingerprint density at radius 1 is 1.65 bits per heavy atom. The molecule has 2 heterocycles. The van der Waals surface area contributed by atoms with E-state index in [-0.39, 0.29) is 11.4 Å². The fourth-order valence-corrected chi connectivity index (χ4v) is 2.14. The van der Waals surface area contributed by atoms with Gasteiger partial charge in [0.2, 0.25) is 0 Å². The topological polar surface area (TPSA) is 146 Å². The third-order valence-electron chi connectivity index (χ3n) is 3.29. The molecule has 0 aliphatic carbocycles. The van der Waals surface area contributed by atoms with Crippen molar-refractivity contribution in [3.8, 4) is 0 Å². The zero-order chi connectivity index (χ0) is 14.9. The predicted molar refractivity (Wildman–Crippen MR) is 66.1 cm³/mol. The van der Waals surface area contributed by atoms with Gasteiger partial charge in [0.1, 0.15) is 23.6 Å². The maximum absolute atomic E-state index is 10.3. The summed E-state index contributed by atoms with van der Waals surface area (Å²) >= 11 is 0. The Morgan fingerprint density at radius 3 is 2.85 bits per heavy atom. The number of hydrogen-bond acceptors (Lipinski definition) is 8. The molecule has 9 nitrogen and oxygen atoms in total. The molecule has 1 aromatic rings. The van der Waals surface area contributed by atoms with Crippen LogP contribution in [0.5, 0.6) is 0 Å². The molecule has 0 aromatic carbocycles. The van der Waals surface area contributed by atoms with Gasteiger partial charge in [-0.25, -0.2) is 0 Å². The summed E-state index contributed by atoms with van der Waals surface area (Å²) < 4.78 is 6.57. The van der Waals surface area contributed by atoms with Gasteiger partial charge in [-0.1, -0.05) is 6.08 Å². The number of hydrogen-bond donors (Lipinski definition) is 5. The highest BCUT2D eigenvalue weighted by atomic mass is 16.6. The second-order valence-electron chi connectivity index (χ2n) is 4.39. The molecule has 4 atom stereocenters. The summed E-state index contributed by atoms with van der Waals surface area (Å²) in [6, 6.07) is 1.41. The fourth-order valence-electron chi connectivity index (χ4n) is 2.14. The van der Waals surface area contributed by atoms with Crippen LogP contribution in [0.2, 0.25) is 0 Å². The van der Waals surface area contributed by atoms with Crippen LogP contribution in [-0.4, -0.2) is 54.5 Å². The minimum Gasteiger partial charge on any atom is -0.408 e. The molecule has 20 heavy (non-hydrogen) atoms. The summed E-state index contributed by atoms with van der Waals surface area (Å²) in [4.78, 5) is 3.76. The molecule has 0 saturated carbocycles. The quantitative estimate of drug-likeness (QED) is 0.243. The number of nitrogens with two attached hydrogens (primary N) is 1. The second-order valence-corrected chi connectivity index (χ2v) is 4.39. The lowest BCUT2D eigenvalue weighted by Crippen LogP contribution is -2.47. The van der Waals surface area contributed by atoms with Crippen LogP contribution in [0.4, 0.5) is 5.82 Å². The van der Waals surface area contributed by atoms with Crippen molar-refractivity contribution in [2.24, 2.45) is 5.16 Å². The minimum absolute atomic E-state index is 0.110. The lowest BCUT2D eigenvalue weighted by molar-refractivity contribution is -0.0659. The van der Waals surface area contributed by atoms with E-state index >= 15 is 0 Å². The van der Waals surface area contributed by atoms with Crippen molar-refractivity contribution in [1.29, 1.82) is 0 Å². The summed E-state index contributed by atoms with van der Waals surface area (Å²) in [5, 5.41) is 41.6. The first-order valence-electron chi connectivity index (χ1n) is 5.81. The first-order chi connectivity index (χ1) is 9.47. The highest BCUT2D eigenvalue weighted by Gasteiger charge is 2.54. The predicted octanol–water partition coefficient (Wildman–Crippen LogP) is -2.08. The number of nitrogen functional groups attached to an aromatic ring is 1. The highest BCUT2D eigenvalue weighted by molar-refractivity contribution is 5.24. The molecule has 0 spiro atoms. The third kappa shape index (κ3) is 2.06. The van der Waals surface area contributed by atoms with E-state index in [0.29, 0.717) is 0 Å². The van der Waals surface area contributed by atoms with Gasteiger partial charge >= 0.3 is 0 Å². The molecule has 0 bridgehead atoms. The van der Waals surface area contributed by atoms with Gasteiger partial charge in [-0.15, -0.1) is 6.58 Å². The Labute approximate surface area is 113 Å². The van der Waals surface area contributed by atoms with Crippen LogP contribution in [-0.2, 0) is 4.74 Å². The van der Waals surface area contributed by atoms with Crippen LogP contribution in [0, 0.1) is 0 Å². The zero-order valence-corrected chi connectivity index (χ0v) is 10.5. The van der Waals surface area contributed by atoms with Gasteiger partial charge in [0.25, 0.3) is 5.62 Å². The van der Waals surface area contributed by atoms with Crippen LogP contribution >= 0.6 is 0 Å². The maximum atomic E-state index is 10.3. The average Bonchev–Trinajstić information content (AvgIpc) is 2.71. The molecule has 1 fully saturated rings. The fraction of sp³-hybridized carbons (Fsp3) is 0.455. The Kier molecular flexibility index (Phi) is 3.77. The first kappa shape index (κ1) is 14.5. The van der Waals surface area contributed by atoms with Crippen LogP contribution in [0.1, 0.15) is 6.23 Å². The molecule has 0 unspecified atom stereocenters. The molecule has 9 heteroatoms. The van der Waals surface area contributed by atoms with E-state index in [2.05, 4.69) is 16.7 Å². The summed E-state index contributed by atoms with van der Waals surface area (Å²) in [5.41, 5.74) is 3.42. The van der Waals surface area contributed by atoms with Gasteiger partial charge in [-0.2, -0.15) is 4.98 Å². The van der Waals surface area contributed by atoms with Crippen molar-refractivity contribution >= 4 is 5.82 Å². The molecule has 2 rings (SSSR count). The van der Waals surface area contributed by atoms with Gasteiger partial charge in [-0.3, -0.25) is 4.57 Å². The molecular formula is C11H16N4O5. The van der Waals surface area contributed by atoms with Crippen molar-refractivity contribution in [2.75, 3.05) is 12.3 Å². The molecule has 110 valence electrons. The van der Waals surface area contributed by atoms with Gasteiger partial charge < -0.3 is 31.0 Å². The van der Waals surface area contributed by atoms with Crippen molar-refractivity contribution in [3.05, 3.63) is 30.5 Å². The van der Waals surface area contributed by atoms with E-state index in [1.807, 2.05) is 0 Å². The number of anilines is 1. The van der Waals surface area contributed by atoms with Crippen molar-refractivity contribution in [3.63, 3.8) is 0 Å². The molecule has 0 amide bonds. The van der Waals surface area contributed by atoms with Crippen molar-refractivity contribution < 1.29 is 25.3 Å². The maximum Gasteiger partial charge on any atom is 0.270 e. The van der Waals surface area contributed by atoms with Crippen molar-refractivity contribution in [1.82, 2.24) is 9.55 Å². The Morgan fingerprint density at radius 2 is 2.35 bits per heavy atom. The van der Waals surface area contributed by atoms with E-state index in [1.54, 1.807) is 0 Å². The first-order valence-corrected chi connectivity index (χ1v) is 5.81. The lowest BCUT2D eigenvalue weighted by atomic mass is 9.92. The third-order valence-corrected chi connectivity index (χ3v) is 3.29. The molecule has 6 N–H and O–H groups in total. The summed E-state index contributed by atoms with van der Waals surface area (Å²) in [7, 11) is 0. The van der Waals surface area contributed by atoms with Gasteiger partial charge in [0.15, 0.2) is 6.23 Å². The van der Waals surface area contributed by atoms with Gasteiger partial charge in [0, 0.05) is 6.20 Å². The van der Waals surface area contributed by atoms with Crippen molar-refractivity contribution in [2.45, 2.75) is 24.0 Å². The monoisotopic (exact) mass is 284 g/mol. The van der Waals surface area contributed by atoms with E-state index < -0.39 is 30.6 Å². The van der Waals surface area contributed by atoms with Crippen LogP contribution in [0.15, 0.2) is 30.1 Å². The van der Waals surface area contributed by atoms with Crippen LogP contribution in [0.3, 0.4) is 0 Å². The number of aliphatic hydroxyl groups is 3. The summed E-state index contributed by atoms with van der Waals surface area (Å²) in [6.07, 6.45) is -1.15. The summed E-state index contributed by atoms with van der Waals surface area (Å²) in [6.45, 7) is 2.91. The van der Waals surface area contributed by atoms with Crippen LogP contribution in [0.25, 0.3) is 0 Å². The Balaban J connectivity index is 2.48. The number of aliphatic hydroxyl groups excluding tert-OH is 2. The second kappa shape index (κ2) is 5.21. The van der Waals surface area contributed by atoms with Gasteiger partial charge in [0.05, 0.1) is 6.61 Å². The Bertz CT molecular complexity index is 574.